The molecule has 0 atom stereocenters. The van der Waals surface area contributed by atoms with Crippen LogP contribution < -0.4 is 11.5 Å². The van der Waals surface area contributed by atoms with Crippen molar-refractivity contribution < 1.29 is 13.2 Å². The zero-order chi connectivity index (χ0) is 16.0. The number of rotatable bonds is 8. The van der Waals surface area contributed by atoms with Crippen LogP contribution in [0.15, 0.2) is 23.1 Å². The van der Waals surface area contributed by atoms with Gasteiger partial charge in [0.05, 0.1) is 11.6 Å². The van der Waals surface area contributed by atoms with E-state index in [2.05, 4.69) is 0 Å². The summed E-state index contributed by atoms with van der Waals surface area (Å²) in [6, 6.07) is 4.51. The molecule has 1 rings (SSSR count). The average Bonchev–Trinajstić information content (AvgIpc) is 2.42. The summed E-state index contributed by atoms with van der Waals surface area (Å²) in [4.78, 5) is 11.1. The summed E-state index contributed by atoms with van der Waals surface area (Å²) in [5.74, 6) is -0.704. The highest BCUT2D eigenvalue weighted by Gasteiger charge is 2.27. The topological polar surface area (TPSA) is 106 Å². The zero-order valence-corrected chi connectivity index (χ0v) is 13.5. The smallest absolute Gasteiger partial charge is 0.245 e. The summed E-state index contributed by atoms with van der Waals surface area (Å²) in [5.41, 5.74) is 11.3. The van der Waals surface area contributed by atoms with E-state index < -0.39 is 15.9 Å². The molecule has 118 valence electrons. The first-order valence-corrected chi connectivity index (χ1v) is 8.41. The van der Waals surface area contributed by atoms with Crippen molar-refractivity contribution in [2.75, 3.05) is 13.1 Å². The first kappa shape index (κ1) is 17.9. The normalized spacial score (nSPS) is 11.8. The second-order valence-corrected chi connectivity index (χ2v) is 6.94. The predicted octanol–water partition coefficient (Wildman–Crippen LogP) is 1.07. The fraction of sp³-hybridized carbons (Fsp3) is 0.462. The molecule has 0 fully saturated rings. The Kier molecular flexibility index (Phi) is 6.60. The maximum absolute atomic E-state index is 12.6. The van der Waals surface area contributed by atoms with Crippen molar-refractivity contribution in [3.8, 4) is 0 Å². The van der Waals surface area contributed by atoms with Gasteiger partial charge in [-0.1, -0.05) is 31.0 Å². The first-order valence-electron chi connectivity index (χ1n) is 6.59. The molecule has 1 amide bonds. The van der Waals surface area contributed by atoms with E-state index in [0.29, 0.717) is 6.42 Å². The third-order valence-corrected chi connectivity index (χ3v) is 5.27. The highest BCUT2D eigenvalue weighted by atomic mass is 35.5. The van der Waals surface area contributed by atoms with E-state index in [1.54, 1.807) is 6.07 Å². The molecule has 1 aromatic rings. The van der Waals surface area contributed by atoms with Gasteiger partial charge < -0.3 is 11.5 Å². The van der Waals surface area contributed by atoms with Gasteiger partial charge in [-0.15, -0.1) is 0 Å². The molecule has 0 aliphatic heterocycles. The van der Waals surface area contributed by atoms with Crippen molar-refractivity contribution >= 4 is 27.5 Å². The lowest BCUT2D eigenvalue weighted by atomic mass is 10.2. The second-order valence-electron chi connectivity index (χ2n) is 4.63. The van der Waals surface area contributed by atoms with Crippen LogP contribution in [-0.4, -0.2) is 31.7 Å². The first-order chi connectivity index (χ1) is 9.82. The molecule has 1 aromatic carbocycles. The van der Waals surface area contributed by atoms with E-state index in [-0.39, 0.29) is 29.6 Å². The largest absolute Gasteiger partial charge is 0.369 e. The van der Waals surface area contributed by atoms with Crippen LogP contribution in [0.3, 0.4) is 0 Å². The Labute approximate surface area is 130 Å². The Balaban J connectivity index is 3.18. The van der Waals surface area contributed by atoms with Crippen LogP contribution in [0.25, 0.3) is 0 Å². The molecule has 4 N–H and O–H groups in total. The number of benzene rings is 1. The van der Waals surface area contributed by atoms with Gasteiger partial charge in [0.1, 0.15) is 4.90 Å². The molecule has 0 saturated heterocycles. The minimum absolute atomic E-state index is 0.0429. The van der Waals surface area contributed by atoms with E-state index >= 15 is 0 Å². The fourth-order valence-electron chi connectivity index (χ4n) is 1.81. The number of unbranched alkanes of at least 4 members (excludes halogenated alkanes) is 1. The molecule has 0 aromatic heterocycles. The van der Waals surface area contributed by atoms with E-state index in [1.165, 1.54) is 12.1 Å². The number of hydrogen-bond donors (Lipinski definition) is 2. The molecule has 0 aliphatic carbocycles. The van der Waals surface area contributed by atoms with Crippen molar-refractivity contribution in [2.24, 2.45) is 11.5 Å². The Morgan fingerprint density at radius 3 is 2.52 bits per heavy atom. The summed E-state index contributed by atoms with van der Waals surface area (Å²) in [6.45, 7) is 2.05. The van der Waals surface area contributed by atoms with Crippen LogP contribution in [0.1, 0.15) is 25.3 Å². The Hall–Kier alpha value is -1.15. The SMILES string of the molecule is CCCCN(CC(N)=O)S(=O)(=O)c1ccc(CN)cc1Cl. The summed E-state index contributed by atoms with van der Waals surface area (Å²) < 4.78 is 26.3. The van der Waals surface area contributed by atoms with Crippen LogP contribution in [0, 0.1) is 0 Å². The van der Waals surface area contributed by atoms with E-state index in [4.69, 9.17) is 23.1 Å². The van der Waals surface area contributed by atoms with Gasteiger partial charge in [0.2, 0.25) is 15.9 Å². The number of halogens is 1. The van der Waals surface area contributed by atoms with Gasteiger partial charge in [-0.2, -0.15) is 4.31 Å². The number of primary amides is 1. The molecule has 0 aliphatic rings. The summed E-state index contributed by atoms with van der Waals surface area (Å²) in [6.07, 6.45) is 1.43. The lowest BCUT2D eigenvalue weighted by molar-refractivity contribution is -0.118. The van der Waals surface area contributed by atoms with E-state index in [1.807, 2.05) is 6.92 Å². The zero-order valence-electron chi connectivity index (χ0n) is 11.9. The number of carbonyl (C=O) groups is 1. The lowest BCUT2D eigenvalue weighted by Crippen LogP contribution is -2.39. The summed E-state index contributed by atoms with van der Waals surface area (Å²) >= 11 is 6.03. The van der Waals surface area contributed by atoms with Crippen molar-refractivity contribution in [1.29, 1.82) is 0 Å². The summed E-state index contributed by atoms with van der Waals surface area (Å²) in [5, 5.41) is 0.0870. The van der Waals surface area contributed by atoms with Gasteiger partial charge in [-0.05, 0) is 24.1 Å². The standard InChI is InChI=1S/C13H20ClN3O3S/c1-2-3-6-17(9-13(16)18)21(19,20)12-5-4-10(8-15)7-11(12)14/h4-5,7H,2-3,6,8-9,15H2,1H3,(H2,16,18). The molecule has 0 unspecified atom stereocenters. The highest BCUT2D eigenvalue weighted by molar-refractivity contribution is 7.89. The Bertz CT molecular complexity index is 605. The fourth-order valence-corrected chi connectivity index (χ4v) is 3.80. The number of sulfonamides is 1. The van der Waals surface area contributed by atoms with Gasteiger partial charge in [0.15, 0.2) is 0 Å². The lowest BCUT2D eigenvalue weighted by Gasteiger charge is -2.21. The Morgan fingerprint density at radius 2 is 2.05 bits per heavy atom. The predicted molar refractivity (Wildman–Crippen MR) is 82.2 cm³/mol. The average molecular weight is 334 g/mol. The number of nitrogens with two attached hydrogens (primary N) is 2. The quantitative estimate of drug-likeness (QED) is 0.742. The molecule has 0 bridgehead atoms. The molecule has 21 heavy (non-hydrogen) atoms. The number of hydrogen-bond acceptors (Lipinski definition) is 4. The van der Waals surface area contributed by atoms with Gasteiger partial charge in [0.25, 0.3) is 0 Å². The molecule has 0 saturated carbocycles. The molecule has 0 radical (unpaired) electrons. The van der Waals surface area contributed by atoms with Crippen LogP contribution >= 0.6 is 11.6 Å². The highest BCUT2D eigenvalue weighted by Crippen LogP contribution is 2.26. The van der Waals surface area contributed by atoms with Crippen LogP contribution in [0.4, 0.5) is 0 Å². The van der Waals surface area contributed by atoms with Crippen molar-refractivity contribution in [3.05, 3.63) is 28.8 Å². The maximum Gasteiger partial charge on any atom is 0.245 e. The third-order valence-electron chi connectivity index (χ3n) is 2.94. The maximum atomic E-state index is 12.6. The van der Waals surface area contributed by atoms with Crippen molar-refractivity contribution in [2.45, 2.75) is 31.2 Å². The van der Waals surface area contributed by atoms with Gasteiger partial charge in [-0.25, -0.2) is 8.42 Å². The van der Waals surface area contributed by atoms with Crippen LogP contribution in [0.2, 0.25) is 5.02 Å². The van der Waals surface area contributed by atoms with Gasteiger partial charge in [0, 0.05) is 13.1 Å². The Morgan fingerprint density at radius 1 is 1.38 bits per heavy atom. The molecule has 6 nitrogen and oxygen atoms in total. The third kappa shape index (κ3) is 4.67. The summed E-state index contributed by atoms with van der Waals surface area (Å²) in [7, 11) is -3.86. The minimum atomic E-state index is -3.86. The van der Waals surface area contributed by atoms with Gasteiger partial charge >= 0.3 is 0 Å². The van der Waals surface area contributed by atoms with Crippen molar-refractivity contribution in [1.82, 2.24) is 4.31 Å². The second kappa shape index (κ2) is 7.74. The minimum Gasteiger partial charge on any atom is -0.369 e. The number of amides is 1. The molecule has 0 heterocycles. The molecule has 8 heteroatoms. The molecular formula is C13H20ClN3O3S. The monoisotopic (exact) mass is 333 g/mol. The van der Waals surface area contributed by atoms with Gasteiger partial charge in [-0.3, -0.25) is 4.79 Å². The van der Waals surface area contributed by atoms with E-state index in [0.717, 1.165) is 16.3 Å². The van der Waals surface area contributed by atoms with E-state index in [9.17, 15) is 13.2 Å². The molecular weight excluding hydrogens is 314 g/mol. The number of carbonyl (C=O) groups excluding carboxylic acids is 1. The molecule has 0 spiro atoms. The van der Waals surface area contributed by atoms with Crippen molar-refractivity contribution in [3.63, 3.8) is 0 Å². The van der Waals surface area contributed by atoms with Crippen LogP contribution in [0.5, 0.6) is 0 Å². The van der Waals surface area contributed by atoms with Crippen LogP contribution in [-0.2, 0) is 21.4 Å². The number of nitrogens with zero attached hydrogens (tertiary/aromatic N) is 1.